The molecule has 1 heterocycles. The van der Waals surface area contributed by atoms with Crippen LogP contribution in [-0.4, -0.2) is 50.8 Å². The Hall–Kier alpha value is -1.79. The van der Waals surface area contributed by atoms with Gasteiger partial charge in [-0.05, 0) is 35.9 Å². The van der Waals surface area contributed by atoms with Gasteiger partial charge in [0.15, 0.2) is 0 Å². The SMILES string of the molecule is COCCOc1ccc(C(=O)N2CCNCC2c2ccccc2Cl)cc1.Cl. The lowest BCUT2D eigenvalue weighted by Crippen LogP contribution is -2.48. The van der Waals surface area contributed by atoms with Gasteiger partial charge in [-0.25, -0.2) is 0 Å². The first-order chi connectivity index (χ1) is 12.7. The van der Waals surface area contributed by atoms with Crippen molar-refractivity contribution in [3.63, 3.8) is 0 Å². The lowest BCUT2D eigenvalue weighted by molar-refractivity contribution is 0.0634. The molecule has 1 atom stereocenters. The third-order valence-corrected chi connectivity index (χ3v) is 4.77. The summed E-state index contributed by atoms with van der Waals surface area (Å²) in [6.07, 6.45) is 0. The monoisotopic (exact) mass is 410 g/mol. The van der Waals surface area contributed by atoms with E-state index in [0.717, 1.165) is 17.9 Å². The maximum Gasteiger partial charge on any atom is 0.254 e. The van der Waals surface area contributed by atoms with Crippen molar-refractivity contribution in [3.05, 3.63) is 64.7 Å². The number of nitrogens with one attached hydrogen (secondary N) is 1. The number of hydrogen-bond donors (Lipinski definition) is 1. The van der Waals surface area contributed by atoms with E-state index in [4.69, 9.17) is 21.1 Å². The fraction of sp³-hybridized carbons (Fsp3) is 0.350. The van der Waals surface area contributed by atoms with Crippen LogP contribution in [0.5, 0.6) is 5.75 Å². The van der Waals surface area contributed by atoms with Crippen molar-refractivity contribution in [3.8, 4) is 5.75 Å². The van der Waals surface area contributed by atoms with E-state index in [9.17, 15) is 4.79 Å². The molecule has 1 N–H and O–H groups in total. The summed E-state index contributed by atoms with van der Waals surface area (Å²) in [5, 5.41) is 4.03. The van der Waals surface area contributed by atoms with Crippen LogP contribution in [0.25, 0.3) is 0 Å². The minimum atomic E-state index is -0.0809. The number of nitrogens with zero attached hydrogens (tertiary/aromatic N) is 1. The molecule has 2 aromatic rings. The highest BCUT2D eigenvalue weighted by Crippen LogP contribution is 2.29. The third kappa shape index (κ3) is 5.36. The summed E-state index contributed by atoms with van der Waals surface area (Å²) in [7, 11) is 1.63. The van der Waals surface area contributed by atoms with Gasteiger partial charge in [-0.3, -0.25) is 4.79 Å². The molecule has 0 aromatic heterocycles. The second-order valence-corrected chi connectivity index (χ2v) is 6.51. The van der Waals surface area contributed by atoms with E-state index in [1.165, 1.54) is 0 Å². The summed E-state index contributed by atoms with van der Waals surface area (Å²) in [4.78, 5) is 14.9. The highest BCUT2D eigenvalue weighted by molar-refractivity contribution is 6.31. The first-order valence-electron chi connectivity index (χ1n) is 8.68. The van der Waals surface area contributed by atoms with Crippen LogP contribution >= 0.6 is 24.0 Å². The average Bonchev–Trinajstić information content (AvgIpc) is 2.69. The van der Waals surface area contributed by atoms with Gasteiger partial charge in [-0.2, -0.15) is 0 Å². The summed E-state index contributed by atoms with van der Waals surface area (Å²) in [6, 6.07) is 14.8. The number of carbonyl (C=O) groups is 1. The Labute approximate surface area is 171 Å². The molecule has 0 aliphatic carbocycles. The van der Waals surface area contributed by atoms with Gasteiger partial charge in [0, 0.05) is 37.3 Å². The van der Waals surface area contributed by atoms with Gasteiger partial charge < -0.3 is 19.7 Å². The molecule has 0 radical (unpaired) electrons. The molecule has 1 aliphatic heterocycles. The van der Waals surface area contributed by atoms with E-state index < -0.39 is 0 Å². The number of hydrogen-bond acceptors (Lipinski definition) is 4. The van der Waals surface area contributed by atoms with Gasteiger partial charge in [0.05, 0.1) is 12.6 Å². The molecule has 0 bridgehead atoms. The van der Waals surface area contributed by atoms with E-state index in [0.29, 0.717) is 36.9 Å². The molecule has 2 aromatic carbocycles. The number of benzene rings is 2. The largest absolute Gasteiger partial charge is 0.491 e. The number of halogens is 2. The standard InChI is InChI=1S/C20H23ClN2O3.ClH/c1-25-12-13-26-16-8-6-15(7-9-16)20(24)23-11-10-22-14-19(23)17-4-2-3-5-18(17)21;/h2-9,19,22H,10-14H2,1H3;1H. The van der Waals surface area contributed by atoms with Crippen LogP contribution < -0.4 is 10.1 Å². The molecule has 1 saturated heterocycles. The van der Waals surface area contributed by atoms with E-state index in [2.05, 4.69) is 5.32 Å². The summed E-state index contributed by atoms with van der Waals surface area (Å²) in [6.45, 7) is 3.11. The van der Waals surface area contributed by atoms with Crippen LogP contribution in [-0.2, 0) is 4.74 Å². The quantitative estimate of drug-likeness (QED) is 0.739. The lowest BCUT2D eigenvalue weighted by Gasteiger charge is -2.37. The van der Waals surface area contributed by atoms with Gasteiger partial charge in [-0.15, -0.1) is 12.4 Å². The zero-order valence-electron chi connectivity index (χ0n) is 15.2. The van der Waals surface area contributed by atoms with E-state index in [-0.39, 0.29) is 24.4 Å². The molecule has 0 saturated carbocycles. The summed E-state index contributed by atoms with van der Waals surface area (Å²) in [5.41, 5.74) is 1.61. The topological polar surface area (TPSA) is 50.8 Å². The van der Waals surface area contributed by atoms with Crippen molar-refractivity contribution in [2.24, 2.45) is 0 Å². The molecule has 1 unspecified atom stereocenters. The number of carbonyl (C=O) groups excluding carboxylic acids is 1. The minimum absolute atomic E-state index is 0. The van der Waals surface area contributed by atoms with Crippen LogP contribution in [0.1, 0.15) is 22.0 Å². The molecule has 1 amide bonds. The predicted molar refractivity (Wildman–Crippen MR) is 109 cm³/mol. The van der Waals surface area contributed by atoms with E-state index in [1.807, 2.05) is 41.3 Å². The second-order valence-electron chi connectivity index (χ2n) is 6.11. The first kappa shape index (κ1) is 21.5. The molecule has 146 valence electrons. The summed E-state index contributed by atoms with van der Waals surface area (Å²) in [5.74, 6) is 0.724. The Morgan fingerprint density at radius 2 is 1.93 bits per heavy atom. The Bertz CT molecular complexity index is 740. The lowest BCUT2D eigenvalue weighted by atomic mass is 10.0. The second kappa shape index (κ2) is 10.5. The van der Waals surface area contributed by atoms with Crippen molar-refractivity contribution in [2.45, 2.75) is 6.04 Å². The van der Waals surface area contributed by atoms with Crippen molar-refractivity contribution in [1.29, 1.82) is 0 Å². The maximum atomic E-state index is 13.1. The van der Waals surface area contributed by atoms with Crippen molar-refractivity contribution in [1.82, 2.24) is 10.2 Å². The Morgan fingerprint density at radius 3 is 2.63 bits per heavy atom. The number of piperazine rings is 1. The van der Waals surface area contributed by atoms with Crippen LogP contribution in [0.2, 0.25) is 5.02 Å². The highest BCUT2D eigenvalue weighted by Gasteiger charge is 2.29. The van der Waals surface area contributed by atoms with Crippen LogP contribution in [0.15, 0.2) is 48.5 Å². The molecule has 3 rings (SSSR count). The van der Waals surface area contributed by atoms with Crippen LogP contribution in [0, 0.1) is 0 Å². The molecule has 27 heavy (non-hydrogen) atoms. The van der Waals surface area contributed by atoms with E-state index >= 15 is 0 Å². The van der Waals surface area contributed by atoms with Crippen molar-refractivity contribution < 1.29 is 14.3 Å². The van der Waals surface area contributed by atoms with E-state index in [1.54, 1.807) is 19.2 Å². The molecule has 1 fully saturated rings. The molecular formula is C20H24Cl2N2O3. The van der Waals surface area contributed by atoms with Gasteiger partial charge in [-0.1, -0.05) is 29.8 Å². The molecule has 7 heteroatoms. The van der Waals surface area contributed by atoms with Gasteiger partial charge in [0.25, 0.3) is 5.91 Å². The Morgan fingerprint density at radius 1 is 1.19 bits per heavy atom. The Kier molecular flexibility index (Phi) is 8.38. The summed E-state index contributed by atoms with van der Waals surface area (Å²) < 4.78 is 10.5. The number of amides is 1. The highest BCUT2D eigenvalue weighted by atomic mass is 35.5. The fourth-order valence-corrected chi connectivity index (χ4v) is 3.33. The summed E-state index contributed by atoms with van der Waals surface area (Å²) >= 11 is 6.36. The molecule has 5 nitrogen and oxygen atoms in total. The number of ether oxygens (including phenoxy) is 2. The zero-order valence-corrected chi connectivity index (χ0v) is 16.8. The van der Waals surface area contributed by atoms with Gasteiger partial charge >= 0.3 is 0 Å². The van der Waals surface area contributed by atoms with Gasteiger partial charge in [0.1, 0.15) is 12.4 Å². The number of rotatable bonds is 6. The third-order valence-electron chi connectivity index (χ3n) is 4.43. The molecule has 0 spiro atoms. The average molecular weight is 411 g/mol. The molecular weight excluding hydrogens is 387 g/mol. The van der Waals surface area contributed by atoms with Crippen LogP contribution in [0.4, 0.5) is 0 Å². The minimum Gasteiger partial charge on any atom is -0.491 e. The van der Waals surface area contributed by atoms with Gasteiger partial charge in [0.2, 0.25) is 0 Å². The molecule has 1 aliphatic rings. The normalized spacial score (nSPS) is 16.5. The fourth-order valence-electron chi connectivity index (χ4n) is 3.07. The first-order valence-corrected chi connectivity index (χ1v) is 9.06. The van der Waals surface area contributed by atoms with Crippen molar-refractivity contribution in [2.75, 3.05) is 40.0 Å². The van der Waals surface area contributed by atoms with Crippen molar-refractivity contribution >= 4 is 29.9 Å². The van der Waals surface area contributed by atoms with Crippen LogP contribution in [0.3, 0.4) is 0 Å². The predicted octanol–water partition coefficient (Wildman–Crippen LogP) is 3.57. The Balaban J connectivity index is 0.00000261. The smallest absolute Gasteiger partial charge is 0.254 e. The zero-order chi connectivity index (χ0) is 18.4. The number of methoxy groups -OCH3 is 1. The maximum absolute atomic E-state index is 13.1.